The summed E-state index contributed by atoms with van der Waals surface area (Å²) in [6.07, 6.45) is 1.59. The number of halogens is 2. The quantitative estimate of drug-likeness (QED) is 0.592. The van der Waals surface area contributed by atoms with Gasteiger partial charge in [-0.25, -0.2) is 4.79 Å². The Morgan fingerprint density at radius 3 is 2.71 bits per heavy atom. The summed E-state index contributed by atoms with van der Waals surface area (Å²) in [7, 11) is 0. The van der Waals surface area contributed by atoms with E-state index in [1.165, 1.54) is 0 Å². The van der Waals surface area contributed by atoms with Crippen LogP contribution in [0.3, 0.4) is 0 Å². The highest BCUT2D eigenvalue weighted by Crippen LogP contribution is 2.35. The molecule has 0 saturated carbocycles. The highest BCUT2D eigenvalue weighted by Gasteiger charge is 2.34. The molecule has 1 aliphatic heterocycles. The number of hydrogen-bond donors (Lipinski definition) is 1. The van der Waals surface area contributed by atoms with Crippen LogP contribution >= 0.6 is 23.2 Å². The van der Waals surface area contributed by atoms with Gasteiger partial charge in [0, 0.05) is 12.1 Å². The first-order chi connectivity index (χ1) is 13.5. The summed E-state index contributed by atoms with van der Waals surface area (Å²) in [5.74, 6) is 0.939. The lowest BCUT2D eigenvalue weighted by Gasteiger charge is -2.22. The van der Waals surface area contributed by atoms with Crippen LogP contribution in [0.15, 0.2) is 47.0 Å². The fraction of sp³-hybridized carbons (Fsp3) is 0.250. The van der Waals surface area contributed by atoms with Crippen molar-refractivity contribution in [3.05, 3.63) is 64.0 Å². The van der Waals surface area contributed by atoms with Gasteiger partial charge in [-0.15, -0.1) is 0 Å². The summed E-state index contributed by atoms with van der Waals surface area (Å²) < 4.78 is 5.49. The molecule has 2 aromatic carbocycles. The number of aryl methyl sites for hydroxylation is 1. The van der Waals surface area contributed by atoms with Crippen molar-refractivity contribution < 1.29 is 9.32 Å². The molecule has 1 aliphatic rings. The number of likely N-dealkylation sites (tertiary alicyclic amines) is 1. The van der Waals surface area contributed by atoms with E-state index in [1.807, 2.05) is 31.2 Å². The smallest absolute Gasteiger partial charge is 0.322 e. The van der Waals surface area contributed by atoms with Crippen LogP contribution in [0.25, 0.3) is 11.4 Å². The Morgan fingerprint density at radius 1 is 1.21 bits per heavy atom. The van der Waals surface area contributed by atoms with Crippen LogP contribution in [-0.4, -0.2) is 27.6 Å². The number of amides is 2. The Balaban J connectivity index is 1.55. The molecule has 0 spiro atoms. The van der Waals surface area contributed by atoms with Gasteiger partial charge in [0.1, 0.15) is 6.04 Å². The number of anilines is 1. The number of hydrogen-bond acceptors (Lipinski definition) is 4. The maximum absolute atomic E-state index is 12.8. The minimum atomic E-state index is -0.298. The Hall–Kier alpha value is -2.57. The molecule has 1 saturated heterocycles. The molecule has 0 unspecified atom stereocenters. The Morgan fingerprint density at radius 2 is 1.96 bits per heavy atom. The third-order valence-electron chi connectivity index (χ3n) is 4.71. The van der Waals surface area contributed by atoms with Gasteiger partial charge >= 0.3 is 6.03 Å². The summed E-state index contributed by atoms with van der Waals surface area (Å²) in [6.45, 7) is 2.59. The van der Waals surface area contributed by atoms with E-state index >= 15 is 0 Å². The van der Waals surface area contributed by atoms with Crippen molar-refractivity contribution in [2.45, 2.75) is 25.8 Å². The summed E-state index contributed by atoms with van der Waals surface area (Å²) in [5.41, 5.74) is 2.39. The Kier molecular flexibility index (Phi) is 5.24. The van der Waals surface area contributed by atoms with Crippen molar-refractivity contribution in [2.75, 3.05) is 11.9 Å². The number of carbonyl (C=O) groups is 1. The predicted molar refractivity (Wildman–Crippen MR) is 109 cm³/mol. The first kappa shape index (κ1) is 18.8. The highest BCUT2D eigenvalue weighted by atomic mass is 35.5. The van der Waals surface area contributed by atoms with Crippen molar-refractivity contribution >= 4 is 34.9 Å². The monoisotopic (exact) mass is 416 g/mol. The summed E-state index contributed by atoms with van der Waals surface area (Å²) in [5, 5.41) is 7.66. The molecule has 8 heteroatoms. The average molecular weight is 417 g/mol. The number of nitrogens with zero attached hydrogens (tertiary/aromatic N) is 3. The summed E-state index contributed by atoms with van der Waals surface area (Å²) in [4.78, 5) is 19.0. The zero-order valence-electron chi connectivity index (χ0n) is 15.2. The lowest BCUT2D eigenvalue weighted by molar-refractivity contribution is 0.193. The van der Waals surface area contributed by atoms with Crippen LogP contribution in [-0.2, 0) is 0 Å². The molecule has 4 rings (SSSR count). The average Bonchev–Trinajstić information content (AvgIpc) is 3.33. The molecule has 0 aliphatic carbocycles. The molecule has 1 atom stereocenters. The van der Waals surface area contributed by atoms with Crippen LogP contribution in [0.1, 0.15) is 30.3 Å². The van der Waals surface area contributed by atoms with Gasteiger partial charge in [0.2, 0.25) is 11.7 Å². The molecule has 144 valence electrons. The molecular weight excluding hydrogens is 399 g/mol. The van der Waals surface area contributed by atoms with Crippen molar-refractivity contribution in [3.8, 4) is 11.4 Å². The molecule has 0 radical (unpaired) electrons. The maximum Gasteiger partial charge on any atom is 0.322 e. The molecule has 3 aromatic rings. The number of aromatic nitrogens is 2. The minimum absolute atomic E-state index is 0.285. The van der Waals surface area contributed by atoms with Crippen LogP contribution in [0.4, 0.5) is 10.5 Å². The standard InChI is InChI=1S/C20H18Cl2N4O2/c1-12-5-2-6-13(11-12)18-24-19(28-25-18)16-9-4-10-26(16)20(27)23-17-14(21)7-3-8-15(17)22/h2-3,5-8,11,16H,4,9-10H2,1H3,(H,23,27)/t16-/m1/s1. The van der Waals surface area contributed by atoms with Gasteiger partial charge in [0.25, 0.3) is 0 Å². The Labute approximate surface area is 172 Å². The zero-order valence-corrected chi connectivity index (χ0v) is 16.7. The number of benzene rings is 2. The van der Waals surface area contributed by atoms with Crippen molar-refractivity contribution in [3.63, 3.8) is 0 Å². The van der Waals surface area contributed by atoms with Crippen LogP contribution in [0, 0.1) is 6.92 Å². The van der Waals surface area contributed by atoms with Crippen LogP contribution in [0.2, 0.25) is 10.0 Å². The fourth-order valence-electron chi connectivity index (χ4n) is 3.33. The number of urea groups is 1. The zero-order chi connectivity index (χ0) is 19.7. The molecule has 1 aromatic heterocycles. The van der Waals surface area contributed by atoms with Gasteiger partial charge < -0.3 is 14.7 Å². The lowest BCUT2D eigenvalue weighted by Crippen LogP contribution is -2.34. The molecule has 6 nitrogen and oxygen atoms in total. The molecule has 0 bridgehead atoms. The first-order valence-corrected chi connectivity index (χ1v) is 9.71. The molecule has 1 N–H and O–H groups in total. The van der Waals surface area contributed by atoms with E-state index < -0.39 is 0 Å². The number of rotatable bonds is 3. The van der Waals surface area contributed by atoms with Gasteiger partial charge in [-0.2, -0.15) is 4.98 Å². The fourth-order valence-corrected chi connectivity index (χ4v) is 3.83. The van der Waals surface area contributed by atoms with E-state index in [9.17, 15) is 4.79 Å². The van der Waals surface area contributed by atoms with Gasteiger partial charge in [-0.1, -0.05) is 58.2 Å². The summed E-state index contributed by atoms with van der Waals surface area (Å²) >= 11 is 12.3. The van der Waals surface area contributed by atoms with Crippen molar-refractivity contribution in [1.29, 1.82) is 0 Å². The lowest BCUT2D eigenvalue weighted by atomic mass is 10.1. The largest absolute Gasteiger partial charge is 0.337 e. The van der Waals surface area contributed by atoms with Gasteiger partial charge in [-0.3, -0.25) is 0 Å². The van der Waals surface area contributed by atoms with Crippen LogP contribution in [0.5, 0.6) is 0 Å². The van der Waals surface area contributed by atoms with Crippen LogP contribution < -0.4 is 5.32 Å². The molecular formula is C20H18Cl2N4O2. The SMILES string of the molecule is Cc1cccc(-c2noc([C@H]3CCCN3C(=O)Nc3c(Cl)cccc3Cl)n2)c1. The van der Waals surface area contributed by atoms with Gasteiger partial charge in [0.05, 0.1) is 15.7 Å². The topological polar surface area (TPSA) is 71.3 Å². The number of para-hydroxylation sites is 1. The molecule has 28 heavy (non-hydrogen) atoms. The van der Waals surface area contributed by atoms with Crippen molar-refractivity contribution in [1.82, 2.24) is 15.0 Å². The van der Waals surface area contributed by atoms with Gasteiger partial charge in [-0.05, 0) is 38.0 Å². The van der Waals surface area contributed by atoms with E-state index in [-0.39, 0.29) is 12.1 Å². The minimum Gasteiger partial charge on any atom is -0.337 e. The molecule has 2 amide bonds. The van der Waals surface area contributed by atoms with E-state index in [1.54, 1.807) is 23.1 Å². The van der Waals surface area contributed by atoms with E-state index in [0.29, 0.717) is 34.0 Å². The molecule has 1 fully saturated rings. The van der Waals surface area contributed by atoms with E-state index in [2.05, 4.69) is 15.5 Å². The highest BCUT2D eigenvalue weighted by molar-refractivity contribution is 6.39. The third-order valence-corrected chi connectivity index (χ3v) is 5.34. The third kappa shape index (κ3) is 3.70. The maximum atomic E-state index is 12.8. The number of carbonyl (C=O) groups excluding carboxylic acids is 1. The Bertz CT molecular complexity index is 1000. The predicted octanol–water partition coefficient (Wildman–Crippen LogP) is 5.72. The normalized spacial score (nSPS) is 16.4. The second-order valence-corrected chi connectivity index (χ2v) is 7.52. The number of nitrogens with one attached hydrogen (secondary N) is 1. The molecule has 2 heterocycles. The first-order valence-electron chi connectivity index (χ1n) is 8.95. The van der Waals surface area contributed by atoms with E-state index in [0.717, 1.165) is 24.0 Å². The second kappa shape index (κ2) is 7.81. The van der Waals surface area contributed by atoms with Crippen molar-refractivity contribution in [2.24, 2.45) is 0 Å². The van der Waals surface area contributed by atoms with E-state index in [4.69, 9.17) is 27.7 Å². The summed E-state index contributed by atoms with van der Waals surface area (Å²) in [6, 6.07) is 12.4. The second-order valence-electron chi connectivity index (χ2n) is 6.70. The van der Waals surface area contributed by atoms with Gasteiger partial charge in [0.15, 0.2) is 0 Å².